The maximum Gasteiger partial charge on any atom is 0.310 e. The van der Waals surface area contributed by atoms with Crippen LogP contribution in [-0.4, -0.2) is 16.3 Å². The highest BCUT2D eigenvalue weighted by molar-refractivity contribution is 7.97. The summed E-state index contributed by atoms with van der Waals surface area (Å²) in [5, 5.41) is 10.6. The SMILES string of the molecule is CN1Cc2c(ccc(F)c2[N+](=O)[O-])S1. The fourth-order valence-electron chi connectivity index (χ4n) is 1.45. The first kappa shape index (κ1) is 9.42. The third-order valence-corrected chi connectivity index (χ3v) is 3.03. The molecule has 1 aromatic carbocycles. The van der Waals surface area contributed by atoms with Crippen LogP contribution in [0.4, 0.5) is 10.1 Å². The van der Waals surface area contributed by atoms with Crippen LogP contribution in [0.25, 0.3) is 0 Å². The Morgan fingerprint density at radius 1 is 1.64 bits per heavy atom. The lowest BCUT2D eigenvalue weighted by atomic mass is 10.1. The number of nitrogens with zero attached hydrogens (tertiary/aromatic N) is 2. The van der Waals surface area contributed by atoms with E-state index in [-0.39, 0.29) is 5.69 Å². The molecule has 14 heavy (non-hydrogen) atoms. The van der Waals surface area contributed by atoms with Crippen LogP contribution < -0.4 is 0 Å². The number of rotatable bonds is 1. The fourth-order valence-corrected chi connectivity index (χ4v) is 2.38. The van der Waals surface area contributed by atoms with Gasteiger partial charge in [-0.15, -0.1) is 0 Å². The molecule has 74 valence electrons. The van der Waals surface area contributed by atoms with Crippen molar-refractivity contribution in [2.24, 2.45) is 0 Å². The van der Waals surface area contributed by atoms with Gasteiger partial charge < -0.3 is 0 Å². The molecule has 0 saturated carbocycles. The van der Waals surface area contributed by atoms with Crippen LogP contribution in [0, 0.1) is 15.9 Å². The van der Waals surface area contributed by atoms with Crippen molar-refractivity contribution in [3.05, 3.63) is 33.6 Å². The van der Waals surface area contributed by atoms with Gasteiger partial charge in [-0.2, -0.15) is 4.39 Å². The van der Waals surface area contributed by atoms with E-state index in [9.17, 15) is 14.5 Å². The van der Waals surface area contributed by atoms with Crippen molar-refractivity contribution in [3.63, 3.8) is 0 Å². The summed E-state index contributed by atoms with van der Waals surface area (Å²) in [5.74, 6) is -0.760. The van der Waals surface area contributed by atoms with Gasteiger partial charge in [0.25, 0.3) is 0 Å². The summed E-state index contributed by atoms with van der Waals surface area (Å²) < 4.78 is 15.0. The van der Waals surface area contributed by atoms with Gasteiger partial charge in [0, 0.05) is 11.4 Å². The van der Waals surface area contributed by atoms with Gasteiger partial charge in [-0.3, -0.25) is 10.1 Å². The van der Waals surface area contributed by atoms with Crippen molar-refractivity contribution in [2.75, 3.05) is 7.05 Å². The van der Waals surface area contributed by atoms with Gasteiger partial charge in [-0.05, 0) is 31.1 Å². The molecule has 0 amide bonds. The Hall–Kier alpha value is -1.14. The molecule has 6 heteroatoms. The molecule has 0 saturated heterocycles. The monoisotopic (exact) mass is 214 g/mol. The number of hydrogen-bond acceptors (Lipinski definition) is 4. The van der Waals surface area contributed by atoms with Crippen LogP contribution in [0.3, 0.4) is 0 Å². The topological polar surface area (TPSA) is 46.4 Å². The lowest BCUT2D eigenvalue weighted by molar-refractivity contribution is -0.388. The van der Waals surface area contributed by atoms with Gasteiger partial charge in [0.15, 0.2) is 0 Å². The lowest BCUT2D eigenvalue weighted by Crippen LogP contribution is -2.03. The minimum absolute atomic E-state index is 0.389. The van der Waals surface area contributed by atoms with Crippen LogP contribution in [0.15, 0.2) is 17.0 Å². The molecule has 0 aliphatic carbocycles. The predicted molar refractivity (Wildman–Crippen MR) is 50.4 cm³/mol. The average Bonchev–Trinajstić information content (AvgIpc) is 2.43. The fraction of sp³-hybridized carbons (Fsp3) is 0.250. The maximum absolute atomic E-state index is 13.2. The first-order valence-corrected chi connectivity index (χ1v) is 4.72. The van der Waals surface area contributed by atoms with Crippen LogP contribution in [0.5, 0.6) is 0 Å². The van der Waals surface area contributed by atoms with Gasteiger partial charge in [-0.1, -0.05) is 0 Å². The second kappa shape index (κ2) is 3.21. The van der Waals surface area contributed by atoms with Crippen LogP contribution in [0.2, 0.25) is 0 Å². The van der Waals surface area contributed by atoms with Gasteiger partial charge in [-0.25, -0.2) is 4.31 Å². The third kappa shape index (κ3) is 1.36. The number of fused-ring (bicyclic) bond motifs is 1. The molecule has 4 nitrogen and oxygen atoms in total. The first-order valence-electron chi connectivity index (χ1n) is 3.94. The summed E-state index contributed by atoms with van der Waals surface area (Å²) in [5.41, 5.74) is 0.0850. The summed E-state index contributed by atoms with van der Waals surface area (Å²) in [6.45, 7) is 0.411. The van der Waals surface area contributed by atoms with Gasteiger partial charge >= 0.3 is 5.69 Å². The third-order valence-electron chi connectivity index (χ3n) is 2.01. The predicted octanol–water partition coefficient (Wildman–Crippen LogP) is 2.19. The van der Waals surface area contributed by atoms with Gasteiger partial charge in [0.2, 0.25) is 5.82 Å². The average molecular weight is 214 g/mol. The second-order valence-electron chi connectivity index (χ2n) is 3.01. The lowest BCUT2D eigenvalue weighted by Gasteiger charge is -2.01. The normalized spacial score (nSPS) is 15.6. The smallest absolute Gasteiger partial charge is 0.258 e. The van der Waals surface area contributed by atoms with E-state index in [1.54, 1.807) is 6.07 Å². The summed E-state index contributed by atoms with van der Waals surface area (Å²) >= 11 is 1.39. The molecule has 0 spiro atoms. The maximum atomic E-state index is 13.2. The van der Waals surface area contributed by atoms with E-state index in [1.165, 1.54) is 11.9 Å². The van der Waals surface area contributed by atoms with E-state index < -0.39 is 10.7 Å². The molecular weight excluding hydrogens is 207 g/mol. The van der Waals surface area contributed by atoms with Gasteiger partial charge in [0.1, 0.15) is 0 Å². The second-order valence-corrected chi connectivity index (χ2v) is 4.25. The molecule has 0 radical (unpaired) electrons. The summed E-state index contributed by atoms with van der Waals surface area (Å²) in [6.07, 6.45) is 0. The first-order chi connectivity index (χ1) is 6.59. The Bertz CT molecular complexity index is 411. The van der Waals surface area contributed by atoms with Crippen molar-refractivity contribution in [1.82, 2.24) is 4.31 Å². The molecule has 0 bridgehead atoms. The van der Waals surface area contributed by atoms with E-state index in [0.29, 0.717) is 12.1 Å². The number of benzene rings is 1. The minimum Gasteiger partial charge on any atom is -0.258 e. The zero-order chi connectivity index (χ0) is 10.3. The highest BCUT2D eigenvalue weighted by Crippen LogP contribution is 2.40. The summed E-state index contributed by atoms with van der Waals surface area (Å²) in [6, 6.07) is 2.72. The molecule has 1 heterocycles. The summed E-state index contributed by atoms with van der Waals surface area (Å²) in [7, 11) is 1.81. The molecular formula is C8H7FN2O2S. The Labute approximate surface area is 84.0 Å². The molecule has 0 fully saturated rings. The number of hydrogen-bond donors (Lipinski definition) is 0. The minimum atomic E-state index is -0.760. The zero-order valence-electron chi connectivity index (χ0n) is 7.36. The molecule has 1 aliphatic heterocycles. The molecule has 0 atom stereocenters. The molecule has 0 N–H and O–H groups in total. The van der Waals surface area contributed by atoms with Crippen molar-refractivity contribution < 1.29 is 9.31 Å². The zero-order valence-corrected chi connectivity index (χ0v) is 8.18. The van der Waals surface area contributed by atoms with Crippen molar-refractivity contribution >= 4 is 17.6 Å². The summed E-state index contributed by atoms with van der Waals surface area (Å²) in [4.78, 5) is 10.7. The van der Waals surface area contributed by atoms with Crippen molar-refractivity contribution in [3.8, 4) is 0 Å². The Balaban J connectivity index is 2.60. The Kier molecular flexibility index (Phi) is 2.16. The molecule has 0 unspecified atom stereocenters. The van der Waals surface area contributed by atoms with Crippen molar-refractivity contribution in [1.29, 1.82) is 0 Å². The van der Waals surface area contributed by atoms with E-state index in [1.807, 2.05) is 11.4 Å². The molecule has 2 rings (SSSR count). The number of nitro benzene ring substituents is 1. The quantitative estimate of drug-likeness (QED) is 0.408. The highest BCUT2D eigenvalue weighted by atomic mass is 32.2. The largest absolute Gasteiger partial charge is 0.310 e. The van der Waals surface area contributed by atoms with Crippen LogP contribution in [-0.2, 0) is 6.54 Å². The number of halogens is 1. The van der Waals surface area contributed by atoms with E-state index in [4.69, 9.17) is 0 Å². The van der Waals surface area contributed by atoms with Crippen molar-refractivity contribution in [2.45, 2.75) is 11.4 Å². The Morgan fingerprint density at radius 3 is 3.00 bits per heavy atom. The van der Waals surface area contributed by atoms with Crippen LogP contribution in [0.1, 0.15) is 5.56 Å². The molecule has 0 aromatic heterocycles. The van der Waals surface area contributed by atoms with E-state index >= 15 is 0 Å². The standard InChI is InChI=1S/C8H7FN2O2S/c1-10-4-5-7(14-10)3-2-6(9)8(5)11(12)13/h2-3H,4H2,1H3. The van der Waals surface area contributed by atoms with Gasteiger partial charge in [0.05, 0.1) is 10.5 Å². The Morgan fingerprint density at radius 2 is 2.36 bits per heavy atom. The molecule has 1 aliphatic rings. The van der Waals surface area contributed by atoms with Crippen LogP contribution >= 0.6 is 11.9 Å². The highest BCUT2D eigenvalue weighted by Gasteiger charge is 2.29. The van der Waals surface area contributed by atoms with E-state index in [2.05, 4.69) is 0 Å². The number of nitro groups is 1. The van der Waals surface area contributed by atoms with E-state index in [0.717, 1.165) is 11.0 Å². The molecule has 1 aromatic rings.